The molecule has 1 aliphatic rings. The number of methoxy groups -OCH3 is 1. The normalized spacial score (nSPS) is 18.5. The fraction of sp³-hybridized carbons (Fsp3) is 0.318. The van der Waals surface area contributed by atoms with Gasteiger partial charge in [-0.2, -0.15) is 18.3 Å². The number of aryl methyl sites for hydroxylation is 1. The van der Waals surface area contributed by atoms with Crippen molar-refractivity contribution in [1.82, 2.24) is 14.8 Å². The van der Waals surface area contributed by atoms with E-state index in [1.54, 1.807) is 19.1 Å². The molecule has 0 amide bonds. The largest absolute Gasteiger partial charge is 0.467 e. The summed E-state index contributed by atoms with van der Waals surface area (Å²) < 4.78 is 87.4. The van der Waals surface area contributed by atoms with Gasteiger partial charge in [0.05, 0.1) is 34.2 Å². The molecule has 36 heavy (non-hydrogen) atoms. The van der Waals surface area contributed by atoms with Crippen LogP contribution in [0.25, 0.3) is 5.69 Å². The van der Waals surface area contributed by atoms with Gasteiger partial charge in [-0.15, -0.1) is 0 Å². The second-order valence-corrected chi connectivity index (χ2v) is 10.7. The number of aromatic nitrogens is 3. The highest BCUT2D eigenvalue weighted by Gasteiger charge is 2.47. The maximum absolute atomic E-state index is 13.6. The van der Waals surface area contributed by atoms with Gasteiger partial charge in [0.15, 0.2) is 9.84 Å². The van der Waals surface area contributed by atoms with Crippen LogP contribution in [-0.4, -0.2) is 54.1 Å². The maximum Gasteiger partial charge on any atom is 0.417 e. The molecule has 4 rings (SSSR count). The molecule has 0 N–H and O–H groups in total. The van der Waals surface area contributed by atoms with Crippen LogP contribution in [0.2, 0.25) is 5.15 Å². The van der Waals surface area contributed by atoms with Crippen LogP contribution in [0.4, 0.5) is 23.4 Å². The van der Waals surface area contributed by atoms with Gasteiger partial charge >= 0.3 is 12.1 Å². The number of nitrogens with zero attached hydrogens (tertiary/aromatic N) is 4. The molecule has 0 spiro atoms. The molecule has 0 bridgehead atoms. The summed E-state index contributed by atoms with van der Waals surface area (Å²) in [5.74, 6) is -1.70. The summed E-state index contributed by atoms with van der Waals surface area (Å²) in [6.45, 7) is 1.33. The second-order valence-electron chi connectivity index (χ2n) is 8.12. The fourth-order valence-electron chi connectivity index (χ4n) is 4.19. The van der Waals surface area contributed by atoms with Crippen LogP contribution in [0, 0.1) is 12.7 Å². The topological polar surface area (TPSA) is 94.4 Å². The molecule has 0 saturated carbocycles. The van der Waals surface area contributed by atoms with Gasteiger partial charge in [0.1, 0.15) is 22.8 Å². The van der Waals surface area contributed by atoms with E-state index >= 15 is 0 Å². The SMILES string of the molecule is COC(=O)C1CC(S(=O)(=O)c2ccc(F)cc2C(F)(F)F)CN1c1cc(C)nn1-c1ccnc(Cl)c1. The van der Waals surface area contributed by atoms with Gasteiger partial charge in [-0.25, -0.2) is 27.3 Å². The highest BCUT2D eigenvalue weighted by molar-refractivity contribution is 7.92. The number of esters is 1. The first kappa shape index (κ1) is 25.9. The molecule has 1 fully saturated rings. The van der Waals surface area contributed by atoms with Crippen molar-refractivity contribution in [2.75, 3.05) is 18.6 Å². The van der Waals surface area contributed by atoms with Crippen molar-refractivity contribution in [3.8, 4) is 5.69 Å². The molecule has 0 radical (unpaired) electrons. The van der Waals surface area contributed by atoms with Gasteiger partial charge in [-0.3, -0.25) is 0 Å². The number of anilines is 1. The van der Waals surface area contributed by atoms with Crippen molar-refractivity contribution in [2.45, 2.75) is 35.7 Å². The van der Waals surface area contributed by atoms with Gasteiger partial charge < -0.3 is 9.64 Å². The van der Waals surface area contributed by atoms with Crippen molar-refractivity contribution in [3.05, 3.63) is 64.8 Å². The Balaban J connectivity index is 1.80. The van der Waals surface area contributed by atoms with Gasteiger partial charge in [0, 0.05) is 24.9 Å². The molecular formula is C22H19ClF4N4O4S. The molecule has 192 valence electrons. The first-order valence-corrected chi connectivity index (χ1v) is 12.4. The van der Waals surface area contributed by atoms with Crippen LogP contribution >= 0.6 is 11.6 Å². The third-order valence-corrected chi connectivity index (χ3v) is 8.18. The highest BCUT2D eigenvalue weighted by Crippen LogP contribution is 2.39. The predicted molar refractivity (Wildman–Crippen MR) is 121 cm³/mol. The van der Waals surface area contributed by atoms with E-state index in [2.05, 4.69) is 10.1 Å². The van der Waals surface area contributed by atoms with Crippen LogP contribution in [0.1, 0.15) is 17.7 Å². The average molecular weight is 547 g/mol. The minimum Gasteiger partial charge on any atom is -0.467 e. The Kier molecular flexibility index (Phi) is 6.73. The molecule has 1 aliphatic heterocycles. The van der Waals surface area contributed by atoms with E-state index in [0.29, 0.717) is 29.3 Å². The Morgan fingerprint density at radius 1 is 1.19 bits per heavy atom. The summed E-state index contributed by atoms with van der Waals surface area (Å²) in [5, 5.41) is 3.11. The number of carbonyl (C=O) groups is 1. The lowest BCUT2D eigenvalue weighted by Gasteiger charge is -2.25. The van der Waals surface area contributed by atoms with E-state index < -0.39 is 49.6 Å². The molecule has 2 unspecified atom stereocenters. The van der Waals surface area contributed by atoms with Crippen molar-refractivity contribution < 1.29 is 35.5 Å². The van der Waals surface area contributed by atoms with Gasteiger partial charge in [-0.1, -0.05) is 11.6 Å². The molecule has 14 heteroatoms. The highest BCUT2D eigenvalue weighted by atomic mass is 35.5. The van der Waals surface area contributed by atoms with Gasteiger partial charge in [0.2, 0.25) is 0 Å². The first-order chi connectivity index (χ1) is 16.8. The maximum atomic E-state index is 13.6. The lowest BCUT2D eigenvalue weighted by Crippen LogP contribution is -2.38. The summed E-state index contributed by atoms with van der Waals surface area (Å²) in [5.41, 5.74) is -0.625. The number of ether oxygens (including phenoxy) is 1. The van der Waals surface area contributed by atoms with Gasteiger partial charge in [0.25, 0.3) is 0 Å². The van der Waals surface area contributed by atoms with Crippen LogP contribution in [0.15, 0.2) is 47.5 Å². The number of hydrogen-bond acceptors (Lipinski definition) is 7. The summed E-state index contributed by atoms with van der Waals surface area (Å²) in [4.78, 5) is 16.9. The van der Waals surface area contributed by atoms with E-state index in [1.807, 2.05) is 0 Å². The quantitative estimate of drug-likeness (QED) is 0.207. The van der Waals surface area contributed by atoms with Crippen molar-refractivity contribution in [3.63, 3.8) is 0 Å². The summed E-state index contributed by atoms with van der Waals surface area (Å²) in [6.07, 6.45) is -4.04. The van der Waals surface area contributed by atoms with E-state index in [9.17, 15) is 30.8 Å². The standard InChI is InChI=1S/C22H19ClF4N4O4S/c1-12-7-20(31(29-12)14-5-6-28-19(23)9-14)30-11-15(10-17(30)21(32)35-2)36(33,34)18-4-3-13(24)8-16(18)22(25,26)27/h3-9,15,17H,10-11H2,1-2H3. The van der Waals surface area contributed by atoms with Crippen LogP contribution < -0.4 is 4.90 Å². The number of carbonyl (C=O) groups excluding carboxylic acids is 1. The third-order valence-electron chi connectivity index (χ3n) is 5.79. The van der Waals surface area contributed by atoms with Crippen molar-refractivity contribution in [2.24, 2.45) is 0 Å². The van der Waals surface area contributed by atoms with E-state index in [1.165, 1.54) is 21.8 Å². The van der Waals surface area contributed by atoms with E-state index in [0.717, 1.165) is 7.11 Å². The zero-order valence-electron chi connectivity index (χ0n) is 18.8. The lowest BCUT2D eigenvalue weighted by molar-refractivity contribution is -0.142. The monoisotopic (exact) mass is 546 g/mol. The van der Waals surface area contributed by atoms with Crippen LogP contribution in [0.3, 0.4) is 0 Å². The number of sulfone groups is 1. The summed E-state index contributed by atoms with van der Waals surface area (Å²) in [7, 11) is -3.54. The number of benzene rings is 1. The Bertz CT molecular complexity index is 1430. The number of alkyl halides is 3. The molecule has 3 aromatic rings. The van der Waals surface area contributed by atoms with Crippen LogP contribution in [0.5, 0.6) is 0 Å². The molecule has 3 heterocycles. The zero-order chi connectivity index (χ0) is 26.4. The number of halogens is 5. The molecular weight excluding hydrogens is 528 g/mol. The fourth-order valence-corrected chi connectivity index (χ4v) is 6.25. The average Bonchev–Trinajstić information content (AvgIpc) is 3.42. The first-order valence-electron chi connectivity index (χ1n) is 10.5. The minimum absolute atomic E-state index is 0.142. The smallest absolute Gasteiger partial charge is 0.417 e. The lowest BCUT2D eigenvalue weighted by atomic mass is 10.2. The number of pyridine rings is 1. The van der Waals surface area contributed by atoms with E-state index in [4.69, 9.17) is 16.3 Å². The zero-order valence-corrected chi connectivity index (χ0v) is 20.4. The van der Waals surface area contributed by atoms with Crippen LogP contribution in [-0.2, 0) is 25.5 Å². The second kappa shape index (κ2) is 9.36. The Hall–Kier alpha value is -3.19. The summed E-state index contributed by atoms with van der Waals surface area (Å²) in [6, 6.07) is 4.93. The number of hydrogen-bond donors (Lipinski definition) is 0. The molecule has 0 aliphatic carbocycles. The Morgan fingerprint density at radius 2 is 1.92 bits per heavy atom. The van der Waals surface area contributed by atoms with Gasteiger partial charge in [-0.05, 0) is 37.6 Å². The molecule has 1 aromatic carbocycles. The molecule has 2 atom stereocenters. The number of rotatable bonds is 5. The van der Waals surface area contributed by atoms with Crippen molar-refractivity contribution in [1.29, 1.82) is 0 Å². The predicted octanol–water partition coefficient (Wildman–Crippen LogP) is 3.98. The third kappa shape index (κ3) is 4.76. The van der Waals surface area contributed by atoms with E-state index in [-0.39, 0.29) is 24.2 Å². The Morgan fingerprint density at radius 3 is 2.56 bits per heavy atom. The molecule has 8 nitrogen and oxygen atoms in total. The van der Waals surface area contributed by atoms with Crippen molar-refractivity contribution >= 4 is 33.2 Å². The molecule has 2 aromatic heterocycles. The molecule has 1 saturated heterocycles. The summed E-state index contributed by atoms with van der Waals surface area (Å²) >= 11 is 5.99. The Labute approximate surface area is 208 Å². The minimum atomic E-state index is -5.11.